The molecule has 0 spiro atoms. The molecule has 1 fully saturated rings. The smallest absolute Gasteiger partial charge is 0.249 e. The largest absolute Gasteiger partial charge is 0.394 e. The van der Waals surface area contributed by atoms with Crippen molar-refractivity contribution < 1.29 is 50.0 Å². The molecule has 0 saturated carbocycles. The molecular weight excluding hydrogens is 979 g/mol. The lowest BCUT2D eigenvalue weighted by molar-refractivity contribution is -0.303. The van der Waals surface area contributed by atoms with Gasteiger partial charge >= 0.3 is 0 Å². The highest BCUT2D eigenvalue weighted by molar-refractivity contribution is 5.80. The number of hydrogen-bond acceptors (Lipinski definition) is 10. The highest BCUT2D eigenvalue weighted by Crippen LogP contribution is 2.24. The van der Waals surface area contributed by atoms with E-state index >= 15 is 0 Å². The summed E-state index contributed by atoms with van der Waals surface area (Å²) >= 11 is 0. The molecule has 1 rings (SSSR count). The molecule has 0 aromatic heterocycles. The third-order valence-corrected chi connectivity index (χ3v) is 16.8. The lowest BCUT2D eigenvalue weighted by Crippen LogP contribution is -2.60. The van der Waals surface area contributed by atoms with Gasteiger partial charge in [0, 0.05) is 0 Å². The molecule has 0 aliphatic carbocycles. The average molecular weight is 1110 g/mol. The monoisotopic (exact) mass is 1110 g/mol. The van der Waals surface area contributed by atoms with E-state index in [1.807, 2.05) is 0 Å². The van der Waals surface area contributed by atoms with Crippen molar-refractivity contribution >= 4 is 5.91 Å². The molecule has 1 amide bonds. The fourth-order valence-electron chi connectivity index (χ4n) is 11.3. The van der Waals surface area contributed by atoms with E-state index in [9.17, 15) is 40.5 Å². The van der Waals surface area contributed by atoms with Gasteiger partial charge in [-0.1, -0.05) is 315 Å². The molecule has 9 atom stereocenters. The van der Waals surface area contributed by atoms with E-state index in [1.54, 1.807) is 0 Å². The van der Waals surface area contributed by atoms with Crippen LogP contribution in [0, 0.1) is 0 Å². The van der Waals surface area contributed by atoms with Crippen molar-refractivity contribution in [3.05, 3.63) is 12.2 Å². The normalized spacial score (nSPS) is 19.4. The Kier molecular flexibility index (Phi) is 54.1. The van der Waals surface area contributed by atoms with Gasteiger partial charge in [0.25, 0.3) is 0 Å². The SMILES string of the molecule is CCCCCCCCCCCCCCCCCCCCC/C=C/CCCC(O)C(O)C(COC1OC(CO)C(O)C(O)C1O)NC(=O)C(O)CCCCCCCCCCCCCCCCCCCCCCCCCCCCC. The Balaban J connectivity index is 2.22. The molecule has 0 radical (unpaired) electrons. The van der Waals surface area contributed by atoms with E-state index < -0.39 is 74.2 Å². The minimum absolute atomic E-state index is 0.260. The second kappa shape index (κ2) is 56.3. The van der Waals surface area contributed by atoms with Gasteiger partial charge in [-0.05, 0) is 38.5 Å². The Morgan fingerprint density at radius 3 is 1.10 bits per heavy atom. The summed E-state index contributed by atoms with van der Waals surface area (Å²) in [7, 11) is 0. The zero-order chi connectivity index (χ0) is 56.8. The maximum Gasteiger partial charge on any atom is 0.249 e. The minimum Gasteiger partial charge on any atom is -0.394 e. The van der Waals surface area contributed by atoms with Crippen molar-refractivity contribution in [2.24, 2.45) is 0 Å². The molecule has 0 aromatic rings. The van der Waals surface area contributed by atoms with E-state index in [0.29, 0.717) is 12.8 Å². The van der Waals surface area contributed by atoms with Gasteiger partial charge in [-0.15, -0.1) is 0 Å². The molecule has 0 bridgehead atoms. The van der Waals surface area contributed by atoms with Gasteiger partial charge in [0.15, 0.2) is 6.29 Å². The van der Waals surface area contributed by atoms with Crippen LogP contribution in [-0.2, 0) is 14.3 Å². The summed E-state index contributed by atoms with van der Waals surface area (Å²) in [6, 6.07) is -1.18. The van der Waals surface area contributed by atoms with E-state index in [2.05, 4.69) is 31.3 Å². The molecular formula is C67H131NO10. The van der Waals surface area contributed by atoms with Crippen LogP contribution in [0.3, 0.4) is 0 Å². The molecule has 9 unspecified atom stereocenters. The Morgan fingerprint density at radius 2 is 0.756 bits per heavy atom. The van der Waals surface area contributed by atoms with Gasteiger partial charge in [-0.2, -0.15) is 0 Å². The average Bonchev–Trinajstić information content (AvgIpc) is 3.46. The molecule has 8 N–H and O–H groups in total. The van der Waals surface area contributed by atoms with Crippen molar-refractivity contribution in [2.45, 2.75) is 396 Å². The first-order valence-corrected chi connectivity index (χ1v) is 34.1. The van der Waals surface area contributed by atoms with Crippen LogP contribution in [0.25, 0.3) is 0 Å². The molecule has 0 aromatic carbocycles. The summed E-state index contributed by atoms with van der Waals surface area (Å²) in [5.74, 6) is -0.698. The molecule has 1 aliphatic heterocycles. The van der Waals surface area contributed by atoms with Crippen LogP contribution in [0.2, 0.25) is 0 Å². The maximum atomic E-state index is 13.2. The number of aliphatic hydroxyl groups is 7. The summed E-state index contributed by atoms with van der Waals surface area (Å²) in [5.41, 5.74) is 0. The topological polar surface area (TPSA) is 189 Å². The van der Waals surface area contributed by atoms with E-state index in [-0.39, 0.29) is 12.8 Å². The molecule has 464 valence electrons. The van der Waals surface area contributed by atoms with Gasteiger partial charge < -0.3 is 50.5 Å². The molecule has 11 heteroatoms. The standard InChI is InChI=1S/C67H131NO10/c1-3-5-7-9-11-13-15-17-19-21-23-25-27-29-30-31-33-35-37-39-41-43-45-47-49-51-53-55-60(71)66(76)68-58(57-77-67-65(75)64(74)63(73)61(56-69)78-67)62(72)59(70)54-52-50-48-46-44-42-40-38-36-34-32-28-26-24-22-20-18-16-14-12-10-8-6-4-2/h46,48,58-65,67,69-75H,3-45,47,49-57H2,1-2H3,(H,68,76)/b48-46+. The summed E-state index contributed by atoms with van der Waals surface area (Å²) in [4.78, 5) is 13.2. The number of unbranched alkanes of at least 4 members (excludes halogenated alkanes) is 46. The number of nitrogens with one attached hydrogen (secondary N) is 1. The second-order valence-corrected chi connectivity index (χ2v) is 24.3. The molecule has 11 nitrogen and oxygen atoms in total. The highest BCUT2D eigenvalue weighted by atomic mass is 16.7. The zero-order valence-corrected chi connectivity index (χ0v) is 51.2. The lowest BCUT2D eigenvalue weighted by atomic mass is 9.98. The number of rotatable bonds is 60. The fraction of sp³-hybridized carbons (Fsp3) is 0.955. The number of amides is 1. The van der Waals surface area contributed by atoms with E-state index in [4.69, 9.17) is 9.47 Å². The second-order valence-electron chi connectivity index (χ2n) is 24.3. The van der Waals surface area contributed by atoms with Gasteiger partial charge in [0.1, 0.15) is 36.6 Å². The fourth-order valence-corrected chi connectivity index (χ4v) is 11.3. The first kappa shape index (κ1) is 74.9. The van der Waals surface area contributed by atoms with Crippen LogP contribution in [0.1, 0.15) is 341 Å². The highest BCUT2D eigenvalue weighted by Gasteiger charge is 2.44. The lowest BCUT2D eigenvalue weighted by Gasteiger charge is -2.40. The Morgan fingerprint density at radius 1 is 0.436 bits per heavy atom. The predicted octanol–water partition coefficient (Wildman–Crippen LogP) is 15.9. The Hall–Kier alpha value is -1.15. The number of aliphatic hydroxyl groups excluding tert-OH is 7. The number of carbonyl (C=O) groups excluding carboxylic acids is 1. The van der Waals surface area contributed by atoms with Gasteiger partial charge in [-0.3, -0.25) is 4.79 Å². The van der Waals surface area contributed by atoms with Crippen LogP contribution in [0.15, 0.2) is 12.2 Å². The van der Waals surface area contributed by atoms with Crippen LogP contribution < -0.4 is 5.32 Å². The van der Waals surface area contributed by atoms with Crippen molar-refractivity contribution in [2.75, 3.05) is 13.2 Å². The van der Waals surface area contributed by atoms with Crippen LogP contribution >= 0.6 is 0 Å². The predicted molar refractivity (Wildman–Crippen MR) is 326 cm³/mol. The molecule has 78 heavy (non-hydrogen) atoms. The molecule has 1 saturated heterocycles. The minimum atomic E-state index is -1.67. The summed E-state index contributed by atoms with van der Waals surface area (Å²) in [6.45, 7) is 3.50. The number of hydrogen-bond donors (Lipinski definition) is 8. The third-order valence-electron chi connectivity index (χ3n) is 16.8. The van der Waals surface area contributed by atoms with Crippen LogP contribution in [0.5, 0.6) is 0 Å². The summed E-state index contributed by atoms with van der Waals surface area (Å²) < 4.78 is 11.2. The molecule has 1 aliphatic rings. The molecule has 1 heterocycles. The van der Waals surface area contributed by atoms with Crippen LogP contribution in [0.4, 0.5) is 0 Å². The number of allylic oxidation sites excluding steroid dienone is 2. The Labute approximate surface area is 481 Å². The van der Waals surface area contributed by atoms with Gasteiger partial charge in [-0.25, -0.2) is 0 Å². The van der Waals surface area contributed by atoms with Crippen molar-refractivity contribution in [1.29, 1.82) is 0 Å². The maximum absolute atomic E-state index is 13.2. The first-order chi connectivity index (χ1) is 38.2. The van der Waals surface area contributed by atoms with Crippen molar-refractivity contribution in [1.82, 2.24) is 5.32 Å². The van der Waals surface area contributed by atoms with Gasteiger partial charge in [0.05, 0.1) is 25.4 Å². The quantitative estimate of drug-likeness (QED) is 0.0215. The first-order valence-electron chi connectivity index (χ1n) is 34.1. The summed E-state index contributed by atoms with van der Waals surface area (Å²) in [6.07, 6.45) is 57.2. The van der Waals surface area contributed by atoms with Gasteiger partial charge in [0.2, 0.25) is 5.91 Å². The van der Waals surface area contributed by atoms with Crippen molar-refractivity contribution in [3.63, 3.8) is 0 Å². The number of ether oxygens (including phenoxy) is 2. The summed E-state index contributed by atoms with van der Waals surface area (Å²) in [5, 5.41) is 76.4. The Bertz CT molecular complexity index is 1270. The van der Waals surface area contributed by atoms with Crippen LogP contribution in [-0.4, -0.2) is 110 Å². The third kappa shape index (κ3) is 43.5. The number of carbonyl (C=O) groups is 1. The zero-order valence-electron chi connectivity index (χ0n) is 51.2. The van der Waals surface area contributed by atoms with Crippen molar-refractivity contribution in [3.8, 4) is 0 Å². The van der Waals surface area contributed by atoms with E-state index in [1.165, 1.54) is 263 Å². The van der Waals surface area contributed by atoms with E-state index in [0.717, 1.165) is 38.5 Å².